The van der Waals surface area contributed by atoms with Gasteiger partial charge in [-0.15, -0.1) is 0 Å². The molecule has 2 aromatic rings. The van der Waals surface area contributed by atoms with Crippen LogP contribution < -0.4 is 20.1 Å². The van der Waals surface area contributed by atoms with Crippen LogP contribution >= 0.6 is 0 Å². The lowest BCUT2D eigenvalue weighted by Gasteiger charge is -2.24. The summed E-state index contributed by atoms with van der Waals surface area (Å²) in [5, 5.41) is 7.13. The number of benzene rings is 1. The largest absolute Gasteiger partial charge is 0.497 e. The van der Waals surface area contributed by atoms with Crippen molar-refractivity contribution in [2.75, 3.05) is 40.9 Å². The third-order valence-corrected chi connectivity index (χ3v) is 6.06. The topological polar surface area (TPSA) is 71.0 Å². The van der Waals surface area contributed by atoms with E-state index in [1.165, 1.54) is 11.1 Å². The van der Waals surface area contributed by atoms with Gasteiger partial charge in [0.05, 0.1) is 14.2 Å². The molecule has 1 aromatic carbocycles. The Morgan fingerprint density at radius 1 is 1.22 bits per heavy atom. The second kappa shape index (κ2) is 11.7. The van der Waals surface area contributed by atoms with Crippen molar-refractivity contribution in [2.45, 2.75) is 38.8 Å². The Balaban J connectivity index is 1.52. The van der Waals surface area contributed by atoms with Gasteiger partial charge in [0.25, 0.3) is 0 Å². The number of hydrogen-bond acceptors (Lipinski definition) is 5. The summed E-state index contributed by atoms with van der Waals surface area (Å²) >= 11 is 0. The van der Waals surface area contributed by atoms with Gasteiger partial charge in [-0.2, -0.15) is 0 Å². The summed E-state index contributed by atoms with van der Waals surface area (Å²) in [6.07, 6.45) is 4.87. The molecular weight excluding hydrogens is 402 g/mol. The first-order valence-corrected chi connectivity index (χ1v) is 11.3. The summed E-state index contributed by atoms with van der Waals surface area (Å²) in [4.78, 5) is 11.2. The predicted molar refractivity (Wildman–Crippen MR) is 130 cm³/mol. The van der Waals surface area contributed by atoms with Crippen molar-refractivity contribution in [1.29, 1.82) is 0 Å². The summed E-state index contributed by atoms with van der Waals surface area (Å²) in [7, 11) is 5.20. The predicted octanol–water partition coefficient (Wildman–Crippen LogP) is 3.28. The molecule has 2 heterocycles. The molecule has 0 saturated carbocycles. The van der Waals surface area contributed by atoms with Gasteiger partial charge in [0.1, 0.15) is 11.5 Å². The summed E-state index contributed by atoms with van der Waals surface area (Å²) < 4.78 is 10.8. The first-order chi connectivity index (χ1) is 15.5. The molecule has 7 heteroatoms. The SMILES string of the molecule is CN=C(NCC(c1cccnc1)C(C)C)NC1CCN(Cc2cc(OC)cc(OC)c2)C1. The van der Waals surface area contributed by atoms with E-state index in [0.717, 1.165) is 50.1 Å². The summed E-state index contributed by atoms with van der Waals surface area (Å²) in [6.45, 7) is 8.20. The molecule has 0 bridgehead atoms. The van der Waals surface area contributed by atoms with Gasteiger partial charge in [-0.1, -0.05) is 19.9 Å². The zero-order chi connectivity index (χ0) is 22.9. The van der Waals surface area contributed by atoms with Gasteiger partial charge in [-0.05, 0) is 41.7 Å². The summed E-state index contributed by atoms with van der Waals surface area (Å²) in [5.41, 5.74) is 2.45. The molecule has 1 saturated heterocycles. The van der Waals surface area contributed by atoms with Gasteiger partial charge >= 0.3 is 0 Å². The number of nitrogens with zero attached hydrogens (tertiary/aromatic N) is 3. The summed E-state index contributed by atoms with van der Waals surface area (Å²) in [6, 6.07) is 10.6. The molecule has 3 rings (SSSR count). The Labute approximate surface area is 192 Å². The highest BCUT2D eigenvalue weighted by Gasteiger charge is 2.24. The quantitative estimate of drug-likeness (QED) is 0.462. The monoisotopic (exact) mass is 439 g/mol. The van der Waals surface area contributed by atoms with Crippen LogP contribution in [0.15, 0.2) is 47.7 Å². The van der Waals surface area contributed by atoms with Crippen molar-refractivity contribution in [3.63, 3.8) is 0 Å². The van der Waals surface area contributed by atoms with E-state index in [1.54, 1.807) is 14.2 Å². The van der Waals surface area contributed by atoms with Crippen LogP contribution in [0.4, 0.5) is 0 Å². The smallest absolute Gasteiger partial charge is 0.191 e. The number of methoxy groups -OCH3 is 2. The van der Waals surface area contributed by atoms with Crippen LogP contribution in [-0.4, -0.2) is 62.8 Å². The number of aliphatic imine (C=N–C) groups is 1. The Kier molecular flexibility index (Phi) is 8.73. The van der Waals surface area contributed by atoms with Crippen molar-refractivity contribution in [3.05, 3.63) is 53.9 Å². The molecule has 174 valence electrons. The van der Waals surface area contributed by atoms with Crippen molar-refractivity contribution in [1.82, 2.24) is 20.5 Å². The lowest BCUT2D eigenvalue weighted by atomic mass is 9.89. The van der Waals surface area contributed by atoms with Crippen molar-refractivity contribution < 1.29 is 9.47 Å². The Morgan fingerprint density at radius 3 is 2.56 bits per heavy atom. The van der Waals surface area contributed by atoms with Crippen molar-refractivity contribution in [2.24, 2.45) is 10.9 Å². The van der Waals surface area contributed by atoms with Crippen LogP contribution in [0.2, 0.25) is 0 Å². The number of rotatable bonds is 9. The van der Waals surface area contributed by atoms with Crippen LogP contribution in [0, 0.1) is 5.92 Å². The van der Waals surface area contributed by atoms with Gasteiger partial charge in [0.15, 0.2) is 5.96 Å². The molecule has 0 spiro atoms. The number of ether oxygens (including phenoxy) is 2. The maximum Gasteiger partial charge on any atom is 0.191 e. The first-order valence-electron chi connectivity index (χ1n) is 11.3. The minimum atomic E-state index is 0.365. The zero-order valence-electron chi connectivity index (χ0n) is 20.0. The molecule has 0 amide bonds. The second-order valence-corrected chi connectivity index (χ2v) is 8.68. The number of nitrogens with one attached hydrogen (secondary N) is 2. The first kappa shape index (κ1) is 23.9. The van der Waals surface area contributed by atoms with E-state index in [2.05, 4.69) is 57.6 Å². The number of likely N-dealkylation sites (tertiary alicyclic amines) is 1. The highest BCUT2D eigenvalue weighted by Crippen LogP contribution is 2.25. The molecule has 1 aliphatic rings. The van der Waals surface area contributed by atoms with Crippen molar-refractivity contribution in [3.8, 4) is 11.5 Å². The highest BCUT2D eigenvalue weighted by atomic mass is 16.5. The molecule has 0 radical (unpaired) electrons. The molecular formula is C25H37N5O2. The normalized spacial score (nSPS) is 17.9. The maximum absolute atomic E-state index is 5.41. The lowest BCUT2D eigenvalue weighted by molar-refractivity contribution is 0.321. The summed E-state index contributed by atoms with van der Waals surface area (Å²) in [5.74, 6) is 3.39. The molecule has 1 aliphatic heterocycles. The van der Waals surface area contributed by atoms with E-state index < -0.39 is 0 Å². The van der Waals surface area contributed by atoms with Gasteiger partial charge in [-0.3, -0.25) is 14.9 Å². The van der Waals surface area contributed by atoms with E-state index in [1.807, 2.05) is 31.6 Å². The van der Waals surface area contributed by atoms with E-state index >= 15 is 0 Å². The molecule has 1 fully saturated rings. The van der Waals surface area contributed by atoms with E-state index in [0.29, 0.717) is 17.9 Å². The number of hydrogen-bond donors (Lipinski definition) is 2. The van der Waals surface area contributed by atoms with Gasteiger partial charge in [0.2, 0.25) is 0 Å². The number of guanidine groups is 1. The van der Waals surface area contributed by atoms with Crippen LogP contribution in [0.25, 0.3) is 0 Å². The van der Waals surface area contributed by atoms with Gasteiger partial charge in [0, 0.05) is 63.6 Å². The third kappa shape index (κ3) is 6.60. The standard InChI is InChI=1S/C25H37N5O2/c1-18(2)24(20-7-6-9-27-14-20)15-28-25(26-3)29-21-8-10-30(17-21)16-19-11-22(31-4)13-23(12-19)32-5/h6-7,9,11-14,18,21,24H,8,10,15-17H2,1-5H3,(H2,26,28,29). The zero-order valence-corrected chi connectivity index (χ0v) is 20.0. The van der Waals surface area contributed by atoms with Crippen LogP contribution in [0.1, 0.15) is 37.3 Å². The third-order valence-electron chi connectivity index (χ3n) is 6.06. The van der Waals surface area contributed by atoms with E-state index in [9.17, 15) is 0 Å². The Hall–Kier alpha value is -2.80. The molecule has 2 unspecified atom stereocenters. The van der Waals surface area contributed by atoms with Crippen molar-refractivity contribution >= 4 is 5.96 Å². The number of pyridine rings is 1. The molecule has 7 nitrogen and oxygen atoms in total. The van der Waals surface area contributed by atoms with E-state index in [-0.39, 0.29) is 0 Å². The van der Waals surface area contributed by atoms with Gasteiger partial charge in [-0.25, -0.2) is 0 Å². The molecule has 0 aliphatic carbocycles. The minimum Gasteiger partial charge on any atom is -0.497 e. The Bertz CT molecular complexity index is 850. The van der Waals surface area contributed by atoms with Crippen LogP contribution in [-0.2, 0) is 6.54 Å². The minimum absolute atomic E-state index is 0.365. The van der Waals surface area contributed by atoms with Gasteiger partial charge < -0.3 is 20.1 Å². The molecule has 2 N–H and O–H groups in total. The number of aromatic nitrogens is 1. The maximum atomic E-state index is 5.41. The molecule has 2 atom stereocenters. The molecule has 1 aromatic heterocycles. The lowest BCUT2D eigenvalue weighted by Crippen LogP contribution is -2.46. The fraction of sp³-hybridized carbons (Fsp3) is 0.520. The van der Waals surface area contributed by atoms with Crippen LogP contribution in [0.3, 0.4) is 0 Å². The fourth-order valence-electron chi connectivity index (χ4n) is 4.24. The fourth-order valence-corrected chi connectivity index (χ4v) is 4.24. The highest BCUT2D eigenvalue weighted by molar-refractivity contribution is 5.80. The second-order valence-electron chi connectivity index (χ2n) is 8.68. The average Bonchev–Trinajstić information content (AvgIpc) is 3.25. The van der Waals surface area contributed by atoms with Crippen LogP contribution in [0.5, 0.6) is 11.5 Å². The molecule has 32 heavy (non-hydrogen) atoms. The Morgan fingerprint density at radius 2 is 1.97 bits per heavy atom. The average molecular weight is 440 g/mol. The van der Waals surface area contributed by atoms with E-state index in [4.69, 9.17) is 9.47 Å².